The number of fused-ring (bicyclic) bond motifs is 1. The second kappa shape index (κ2) is 6.29. The van der Waals surface area contributed by atoms with E-state index in [-0.39, 0.29) is 11.9 Å². The molecule has 0 fully saturated rings. The minimum absolute atomic E-state index is 0.0267. The van der Waals surface area contributed by atoms with E-state index in [2.05, 4.69) is 40.2 Å². The molecule has 2 unspecified atom stereocenters. The van der Waals surface area contributed by atoms with Gasteiger partial charge in [-0.1, -0.05) is 40.2 Å². The van der Waals surface area contributed by atoms with Gasteiger partial charge in [-0.3, -0.25) is 0 Å². The zero-order valence-electron chi connectivity index (χ0n) is 11.9. The molecule has 1 aliphatic rings. The lowest BCUT2D eigenvalue weighted by Gasteiger charge is -2.23. The van der Waals surface area contributed by atoms with Crippen molar-refractivity contribution in [2.45, 2.75) is 31.7 Å². The lowest BCUT2D eigenvalue weighted by atomic mass is 9.86. The van der Waals surface area contributed by atoms with Crippen LogP contribution in [-0.2, 0) is 12.8 Å². The Hall–Kier alpha value is -1.19. The van der Waals surface area contributed by atoms with Crippen molar-refractivity contribution in [2.24, 2.45) is 11.7 Å². The van der Waals surface area contributed by atoms with Crippen LogP contribution < -0.4 is 5.73 Å². The summed E-state index contributed by atoms with van der Waals surface area (Å²) < 4.78 is 14.4. The predicted octanol–water partition coefficient (Wildman–Crippen LogP) is 4.78. The summed E-state index contributed by atoms with van der Waals surface area (Å²) in [5.74, 6) is 0.169. The third-order valence-corrected chi connectivity index (χ3v) is 5.21. The minimum atomic E-state index is -0.184. The van der Waals surface area contributed by atoms with Crippen LogP contribution >= 0.6 is 15.9 Å². The van der Waals surface area contributed by atoms with E-state index in [0.717, 1.165) is 35.7 Å². The Morgan fingerprint density at radius 2 is 2.00 bits per heavy atom. The maximum absolute atomic E-state index is 13.5. The Kier molecular flexibility index (Phi) is 4.41. The first kappa shape index (κ1) is 14.7. The Labute approximate surface area is 133 Å². The van der Waals surface area contributed by atoms with E-state index in [1.165, 1.54) is 17.2 Å². The van der Waals surface area contributed by atoms with Crippen LogP contribution in [-0.4, -0.2) is 0 Å². The largest absolute Gasteiger partial charge is 0.324 e. The molecule has 3 rings (SSSR count). The van der Waals surface area contributed by atoms with Crippen molar-refractivity contribution in [2.75, 3.05) is 0 Å². The van der Waals surface area contributed by atoms with Crippen LogP contribution in [0.15, 0.2) is 46.9 Å². The second-order valence-electron chi connectivity index (χ2n) is 5.82. The average molecular weight is 348 g/mol. The number of benzene rings is 2. The van der Waals surface area contributed by atoms with Crippen molar-refractivity contribution in [3.63, 3.8) is 0 Å². The van der Waals surface area contributed by atoms with E-state index < -0.39 is 0 Å². The molecule has 2 atom stereocenters. The molecule has 0 spiro atoms. The number of halogens is 2. The van der Waals surface area contributed by atoms with Gasteiger partial charge in [0.1, 0.15) is 5.82 Å². The van der Waals surface area contributed by atoms with Crippen molar-refractivity contribution in [3.8, 4) is 0 Å². The average Bonchev–Trinajstić information content (AvgIpc) is 2.64. The van der Waals surface area contributed by atoms with Crippen molar-refractivity contribution < 1.29 is 4.39 Å². The molecule has 0 radical (unpaired) electrons. The first-order chi connectivity index (χ1) is 10.1. The fourth-order valence-corrected chi connectivity index (χ4v) is 3.69. The highest BCUT2D eigenvalue weighted by Gasteiger charge is 2.25. The molecule has 1 aliphatic carbocycles. The molecule has 0 bridgehead atoms. The normalized spacial score (nSPS) is 21.7. The van der Waals surface area contributed by atoms with Gasteiger partial charge in [-0.15, -0.1) is 0 Å². The van der Waals surface area contributed by atoms with Crippen LogP contribution in [0.4, 0.5) is 4.39 Å². The monoisotopic (exact) mass is 347 g/mol. The van der Waals surface area contributed by atoms with Crippen LogP contribution in [0.2, 0.25) is 0 Å². The second-order valence-corrected chi connectivity index (χ2v) is 6.67. The lowest BCUT2D eigenvalue weighted by molar-refractivity contribution is 0.401. The van der Waals surface area contributed by atoms with Crippen LogP contribution in [0, 0.1) is 11.7 Å². The van der Waals surface area contributed by atoms with E-state index in [0.29, 0.717) is 5.92 Å². The highest BCUT2D eigenvalue weighted by Crippen LogP contribution is 2.35. The standard InChI is InChI=1S/C18H19BrFN/c19-17-9-8-15(20)11-14(17)10-13-6-3-5-12-4-1-2-7-16(12)18(13)21/h1-2,4,7-9,11,13,18H,3,5-6,10,21H2. The number of hydrogen-bond acceptors (Lipinski definition) is 1. The van der Waals surface area contributed by atoms with Crippen LogP contribution in [0.5, 0.6) is 0 Å². The zero-order chi connectivity index (χ0) is 14.8. The Morgan fingerprint density at radius 1 is 1.19 bits per heavy atom. The molecule has 0 heterocycles. The Bertz CT molecular complexity index is 641. The third kappa shape index (κ3) is 3.19. The van der Waals surface area contributed by atoms with Gasteiger partial charge in [0, 0.05) is 10.5 Å². The van der Waals surface area contributed by atoms with Crippen molar-refractivity contribution >= 4 is 15.9 Å². The number of rotatable bonds is 2. The molecular weight excluding hydrogens is 329 g/mol. The highest BCUT2D eigenvalue weighted by molar-refractivity contribution is 9.10. The number of hydrogen-bond donors (Lipinski definition) is 1. The van der Waals surface area contributed by atoms with E-state index in [1.54, 1.807) is 12.1 Å². The predicted molar refractivity (Wildman–Crippen MR) is 87.6 cm³/mol. The molecule has 21 heavy (non-hydrogen) atoms. The van der Waals surface area contributed by atoms with Crippen LogP contribution in [0.1, 0.15) is 35.6 Å². The van der Waals surface area contributed by atoms with Gasteiger partial charge in [0.05, 0.1) is 0 Å². The minimum Gasteiger partial charge on any atom is -0.324 e. The number of aryl methyl sites for hydroxylation is 1. The van der Waals surface area contributed by atoms with Gasteiger partial charge < -0.3 is 5.73 Å². The molecule has 2 aromatic rings. The fourth-order valence-electron chi connectivity index (χ4n) is 3.29. The maximum atomic E-state index is 13.5. The summed E-state index contributed by atoms with van der Waals surface area (Å²) in [6, 6.07) is 13.4. The molecular formula is C18H19BrFN. The van der Waals surface area contributed by atoms with Gasteiger partial charge in [-0.2, -0.15) is 0 Å². The molecule has 0 aliphatic heterocycles. The summed E-state index contributed by atoms with van der Waals surface area (Å²) in [6.07, 6.45) is 4.12. The lowest BCUT2D eigenvalue weighted by Crippen LogP contribution is -2.23. The van der Waals surface area contributed by atoms with Crippen molar-refractivity contribution in [3.05, 3.63) is 69.4 Å². The summed E-state index contributed by atoms with van der Waals surface area (Å²) in [5.41, 5.74) is 10.2. The molecule has 0 amide bonds. The molecule has 0 saturated heterocycles. The smallest absolute Gasteiger partial charge is 0.123 e. The summed E-state index contributed by atoms with van der Waals surface area (Å²) in [5, 5.41) is 0. The number of nitrogens with two attached hydrogens (primary N) is 1. The van der Waals surface area contributed by atoms with E-state index in [4.69, 9.17) is 5.73 Å². The molecule has 1 nitrogen and oxygen atoms in total. The third-order valence-electron chi connectivity index (χ3n) is 4.43. The van der Waals surface area contributed by atoms with Crippen LogP contribution in [0.3, 0.4) is 0 Å². The van der Waals surface area contributed by atoms with Gasteiger partial charge in [0.25, 0.3) is 0 Å². The SMILES string of the molecule is NC1c2ccccc2CCCC1Cc1cc(F)ccc1Br. The summed E-state index contributed by atoms with van der Waals surface area (Å²) >= 11 is 3.52. The van der Waals surface area contributed by atoms with E-state index >= 15 is 0 Å². The first-order valence-corrected chi connectivity index (χ1v) is 8.22. The molecule has 2 N–H and O–H groups in total. The summed E-state index contributed by atoms with van der Waals surface area (Å²) in [7, 11) is 0. The van der Waals surface area contributed by atoms with Crippen molar-refractivity contribution in [1.29, 1.82) is 0 Å². The molecule has 110 valence electrons. The summed E-state index contributed by atoms with van der Waals surface area (Å²) in [6.45, 7) is 0. The fraction of sp³-hybridized carbons (Fsp3) is 0.333. The van der Waals surface area contributed by atoms with Gasteiger partial charge in [-0.25, -0.2) is 4.39 Å². The van der Waals surface area contributed by atoms with E-state index in [1.807, 2.05) is 0 Å². The van der Waals surface area contributed by atoms with Gasteiger partial charge in [0.2, 0.25) is 0 Å². The van der Waals surface area contributed by atoms with Gasteiger partial charge in [0.15, 0.2) is 0 Å². The highest BCUT2D eigenvalue weighted by atomic mass is 79.9. The molecule has 0 saturated carbocycles. The first-order valence-electron chi connectivity index (χ1n) is 7.42. The molecule has 2 aromatic carbocycles. The maximum Gasteiger partial charge on any atom is 0.123 e. The van der Waals surface area contributed by atoms with Crippen molar-refractivity contribution in [1.82, 2.24) is 0 Å². The quantitative estimate of drug-likeness (QED) is 0.777. The van der Waals surface area contributed by atoms with E-state index in [9.17, 15) is 4.39 Å². The molecule has 0 aromatic heterocycles. The Morgan fingerprint density at radius 3 is 2.86 bits per heavy atom. The van der Waals surface area contributed by atoms with Gasteiger partial charge in [-0.05, 0) is 66.5 Å². The van der Waals surface area contributed by atoms with Gasteiger partial charge >= 0.3 is 0 Å². The van der Waals surface area contributed by atoms with Crippen LogP contribution in [0.25, 0.3) is 0 Å². The summed E-state index contributed by atoms with van der Waals surface area (Å²) in [4.78, 5) is 0. The molecule has 3 heteroatoms. The zero-order valence-corrected chi connectivity index (χ0v) is 13.4. The topological polar surface area (TPSA) is 26.0 Å². The Balaban J connectivity index is 1.87.